The molecule has 0 fully saturated rings. The Morgan fingerprint density at radius 1 is 1.50 bits per heavy atom. The van der Waals surface area contributed by atoms with Crippen molar-refractivity contribution >= 4 is 33.4 Å². The van der Waals surface area contributed by atoms with Gasteiger partial charge in [0.05, 0.1) is 21.3 Å². The van der Waals surface area contributed by atoms with Gasteiger partial charge in [0.1, 0.15) is 11.6 Å². The maximum atomic E-state index is 13.4. The maximum absolute atomic E-state index is 13.4. The normalized spacial score (nSPS) is 11.4. The third kappa shape index (κ3) is 2.97. The molecule has 9 heteroatoms. The molecule has 104 valence electrons. The molecule has 1 aromatic heterocycles. The van der Waals surface area contributed by atoms with Gasteiger partial charge in [-0.05, 0) is 28.1 Å². The van der Waals surface area contributed by atoms with Crippen LogP contribution in [0.1, 0.15) is 5.56 Å². The molecule has 0 radical (unpaired) electrons. The monoisotopic (exact) mass is 360 g/mol. The molecule has 0 atom stereocenters. The predicted molar refractivity (Wildman–Crippen MR) is 73.7 cm³/mol. The zero-order valence-corrected chi connectivity index (χ0v) is 12.1. The van der Waals surface area contributed by atoms with Crippen LogP contribution in [0.15, 0.2) is 34.0 Å². The zero-order valence-electron chi connectivity index (χ0n) is 9.72. The minimum absolute atomic E-state index is 0.0368. The van der Waals surface area contributed by atoms with Gasteiger partial charge in [-0.1, -0.05) is 16.8 Å². The van der Waals surface area contributed by atoms with E-state index in [1.165, 1.54) is 18.3 Å². The van der Waals surface area contributed by atoms with Crippen molar-refractivity contribution in [2.24, 2.45) is 10.9 Å². The molecule has 1 heterocycles. The Morgan fingerprint density at radius 3 is 2.95 bits per heavy atom. The van der Waals surface area contributed by atoms with Crippen molar-refractivity contribution in [3.63, 3.8) is 0 Å². The van der Waals surface area contributed by atoms with Crippen LogP contribution in [0.3, 0.4) is 0 Å². The minimum Gasteiger partial charge on any atom is -0.436 e. The van der Waals surface area contributed by atoms with Gasteiger partial charge in [0.2, 0.25) is 5.88 Å². The van der Waals surface area contributed by atoms with E-state index in [9.17, 15) is 4.39 Å². The third-order valence-electron chi connectivity index (χ3n) is 2.25. The van der Waals surface area contributed by atoms with Gasteiger partial charge in [0.25, 0.3) is 0 Å². The number of ether oxygens (including phenoxy) is 1. The number of oxime groups is 1. The average Bonchev–Trinajstić information content (AvgIpc) is 2.44. The highest BCUT2D eigenvalue weighted by Crippen LogP contribution is 2.33. The second-order valence-corrected chi connectivity index (χ2v) is 4.80. The largest absolute Gasteiger partial charge is 0.436 e. The first kappa shape index (κ1) is 14.5. The minimum atomic E-state index is -0.654. The van der Waals surface area contributed by atoms with Crippen molar-refractivity contribution < 1.29 is 14.3 Å². The van der Waals surface area contributed by atoms with Crippen molar-refractivity contribution in [2.45, 2.75) is 0 Å². The number of halogens is 3. The van der Waals surface area contributed by atoms with Crippen LogP contribution in [0.2, 0.25) is 5.02 Å². The number of benzene rings is 1. The number of amidine groups is 1. The summed E-state index contributed by atoms with van der Waals surface area (Å²) in [5.41, 5.74) is 5.70. The van der Waals surface area contributed by atoms with E-state index in [0.717, 1.165) is 6.07 Å². The first-order valence-electron chi connectivity index (χ1n) is 5.15. The van der Waals surface area contributed by atoms with E-state index in [4.69, 9.17) is 27.3 Å². The van der Waals surface area contributed by atoms with Crippen molar-refractivity contribution in [3.8, 4) is 11.6 Å². The Kier molecular flexibility index (Phi) is 4.35. The van der Waals surface area contributed by atoms with Gasteiger partial charge in [-0.2, -0.15) is 5.10 Å². The first-order valence-corrected chi connectivity index (χ1v) is 6.32. The van der Waals surface area contributed by atoms with Crippen LogP contribution >= 0.6 is 27.5 Å². The molecule has 0 unspecified atom stereocenters. The number of rotatable bonds is 3. The van der Waals surface area contributed by atoms with E-state index in [0.29, 0.717) is 4.47 Å². The Labute approximate surface area is 126 Å². The van der Waals surface area contributed by atoms with Crippen LogP contribution in [0, 0.1) is 5.82 Å². The van der Waals surface area contributed by atoms with Gasteiger partial charge in [-0.3, -0.25) is 0 Å². The number of aromatic nitrogens is 2. The van der Waals surface area contributed by atoms with E-state index in [-0.39, 0.29) is 28.1 Å². The second kappa shape index (κ2) is 6.02. The van der Waals surface area contributed by atoms with Crippen molar-refractivity contribution in [1.29, 1.82) is 0 Å². The zero-order chi connectivity index (χ0) is 14.7. The lowest BCUT2D eigenvalue weighted by molar-refractivity contribution is 0.318. The molecule has 2 rings (SSSR count). The molecule has 6 nitrogen and oxygen atoms in total. The standard InChI is InChI=1S/C11H7BrClFN4O2/c12-6-3-7(13)8(14)4-9(6)20-11-5(10(15)18-19)1-2-16-17-11/h1-4,19H,(H2,15,18). The number of nitrogens with two attached hydrogens (primary N) is 1. The van der Waals surface area contributed by atoms with Gasteiger partial charge in [-0.25, -0.2) is 4.39 Å². The van der Waals surface area contributed by atoms with Crippen LogP contribution in [0.25, 0.3) is 0 Å². The topological polar surface area (TPSA) is 93.6 Å². The summed E-state index contributed by atoms with van der Waals surface area (Å²) in [6.45, 7) is 0. The highest BCUT2D eigenvalue weighted by atomic mass is 79.9. The van der Waals surface area contributed by atoms with E-state index in [2.05, 4.69) is 31.3 Å². The van der Waals surface area contributed by atoms with Crippen molar-refractivity contribution in [1.82, 2.24) is 10.2 Å². The van der Waals surface area contributed by atoms with Crippen LogP contribution < -0.4 is 10.5 Å². The molecule has 20 heavy (non-hydrogen) atoms. The highest BCUT2D eigenvalue weighted by molar-refractivity contribution is 9.10. The molecular weight excluding hydrogens is 355 g/mol. The molecule has 0 saturated heterocycles. The number of hydrogen-bond acceptors (Lipinski definition) is 5. The molecule has 1 aromatic carbocycles. The fraction of sp³-hybridized carbons (Fsp3) is 0. The molecular formula is C11H7BrClFN4O2. The first-order chi connectivity index (χ1) is 9.52. The molecule has 3 N–H and O–H groups in total. The van der Waals surface area contributed by atoms with Crippen LogP contribution in [0.4, 0.5) is 4.39 Å². The molecule has 2 aromatic rings. The molecule has 0 bridgehead atoms. The lowest BCUT2D eigenvalue weighted by Gasteiger charge is -2.10. The number of nitrogens with zero attached hydrogens (tertiary/aromatic N) is 3. The summed E-state index contributed by atoms with van der Waals surface area (Å²) in [4.78, 5) is 0. The Hall–Kier alpha value is -1.93. The SMILES string of the molecule is N/C(=N/O)c1ccnnc1Oc1cc(F)c(Cl)cc1Br. The third-order valence-corrected chi connectivity index (χ3v) is 3.16. The van der Waals surface area contributed by atoms with Crippen molar-refractivity contribution in [3.05, 3.63) is 45.3 Å². The summed E-state index contributed by atoms with van der Waals surface area (Å²) < 4.78 is 19.3. The summed E-state index contributed by atoms with van der Waals surface area (Å²) in [7, 11) is 0. The van der Waals surface area contributed by atoms with Gasteiger partial charge < -0.3 is 15.7 Å². The van der Waals surface area contributed by atoms with E-state index < -0.39 is 5.82 Å². The molecule has 0 aliphatic heterocycles. The summed E-state index contributed by atoms with van der Waals surface area (Å²) in [5.74, 6) is -0.774. The lowest BCUT2D eigenvalue weighted by atomic mass is 10.2. The molecule has 0 aliphatic rings. The molecule has 0 aliphatic carbocycles. The van der Waals surface area contributed by atoms with E-state index >= 15 is 0 Å². The Morgan fingerprint density at radius 2 is 2.25 bits per heavy atom. The van der Waals surface area contributed by atoms with Crippen LogP contribution in [0.5, 0.6) is 11.6 Å². The fourth-order valence-electron chi connectivity index (χ4n) is 1.33. The van der Waals surface area contributed by atoms with Crippen LogP contribution in [-0.2, 0) is 0 Å². The van der Waals surface area contributed by atoms with Gasteiger partial charge >= 0.3 is 0 Å². The Balaban J connectivity index is 2.43. The van der Waals surface area contributed by atoms with Crippen LogP contribution in [-0.4, -0.2) is 21.2 Å². The highest BCUT2D eigenvalue weighted by Gasteiger charge is 2.14. The van der Waals surface area contributed by atoms with Crippen molar-refractivity contribution in [2.75, 3.05) is 0 Å². The second-order valence-electron chi connectivity index (χ2n) is 3.53. The predicted octanol–water partition coefficient (Wildman–Crippen LogP) is 2.92. The van der Waals surface area contributed by atoms with Gasteiger partial charge in [-0.15, -0.1) is 5.10 Å². The number of hydrogen-bond donors (Lipinski definition) is 2. The van der Waals surface area contributed by atoms with E-state index in [1.54, 1.807) is 0 Å². The average molecular weight is 362 g/mol. The summed E-state index contributed by atoms with van der Waals surface area (Å²) in [5, 5.41) is 18.8. The summed E-state index contributed by atoms with van der Waals surface area (Å²) in [6, 6.07) is 3.86. The Bertz CT molecular complexity index is 683. The maximum Gasteiger partial charge on any atom is 0.250 e. The van der Waals surface area contributed by atoms with Gasteiger partial charge in [0, 0.05) is 6.07 Å². The lowest BCUT2D eigenvalue weighted by Crippen LogP contribution is -2.15. The molecule has 0 amide bonds. The molecule has 0 spiro atoms. The fourth-order valence-corrected chi connectivity index (χ4v) is 2.05. The summed E-state index contributed by atoms with van der Waals surface area (Å²) >= 11 is 8.81. The quantitative estimate of drug-likeness (QED) is 0.288. The summed E-state index contributed by atoms with van der Waals surface area (Å²) in [6.07, 6.45) is 1.34. The molecule has 0 saturated carbocycles. The smallest absolute Gasteiger partial charge is 0.250 e. The van der Waals surface area contributed by atoms with Gasteiger partial charge in [0.15, 0.2) is 5.84 Å². The van der Waals surface area contributed by atoms with E-state index in [1.807, 2.05) is 0 Å².